The fourth-order valence-corrected chi connectivity index (χ4v) is 6.47. The predicted octanol–water partition coefficient (Wildman–Crippen LogP) is 3.77. The first kappa shape index (κ1) is 18.7. The zero-order valence-corrected chi connectivity index (χ0v) is 17.1. The lowest BCUT2D eigenvalue weighted by Crippen LogP contribution is -2.51. The second-order valence-corrected chi connectivity index (χ2v) is 9.90. The minimum Gasteiger partial charge on any atom is -0.366 e. The highest BCUT2D eigenvalue weighted by Crippen LogP contribution is 2.50. The molecule has 1 amide bonds. The molecular weight excluding hydrogens is 380 g/mol. The largest absolute Gasteiger partial charge is 0.366 e. The number of benzene rings is 1. The summed E-state index contributed by atoms with van der Waals surface area (Å²) in [5.41, 5.74) is 8.11. The third kappa shape index (κ3) is 3.33. The van der Waals surface area contributed by atoms with Crippen LogP contribution in [0.4, 0.5) is 0 Å². The molecule has 2 aliphatic heterocycles. The summed E-state index contributed by atoms with van der Waals surface area (Å²) in [6.45, 7) is 4.38. The van der Waals surface area contributed by atoms with Crippen molar-refractivity contribution >= 4 is 34.6 Å². The molecular formula is C21H23ClN2O2S. The van der Waals surface area contributed by atoms with Crippen LogP contribution in [0.5, 0.6) is 0 Å². The van der Waals surface area contributed by atoms with Crippen LogP contribution in [-0.2, 0) is 29.6 Å². The Morgan fingerprint density at radius 1 is 1.19 bits per heavy atom. The van der Waals surface area contributed by atoms with Gasteiger partial charge in [-0.05, 0) is 49.9 Å². The van der Waals surface area contributed by atoms with Crippen molar-refractivity contribution in [3.8, 4) is 0 Å². The van der Waals surface area contributed by atoms with Crippen LogP contribution in [0, 0.1) is 0 Å². The highest BCUT2D eigenvalue weighted by Gasteiger charge is 2.51. The molecule has 2 bridgehead atoms. The van der Waals surface area contributed by atoms with Crippen molar-refractivity contribution in [1.82, 2.24) is 5.32 Å². The van der Waals surface area contributed by atoms with Crippen LogP contribution >= 0.6 is 22.9 Å². The SMILES string of the molecule is CC12CC[C@@](C)(Cc3sc(CC(=O)Cc4ccc(Cl)cc4)c(C(N)=O)c31)N2. The number of hydrogen-bond acceptors (Lipinski definition) is 4. The van der Waals surface area contributed by atoms with Crippen LogP contribution in [0.15, 0.2) is 24.3 Å². The van der Waals surface area contributed by atoms with E-state index in [1.807, 2.05) is 12.1 Å². The lowest BCUT2D eigenvalue weighted by molar-refractivity contribution is -0.117. The van der Waals surface area contributed by atoms with Gasteiger partial charge in [0.25, 0.3) is 0 Å². The van der Waals surface area contributed by atoms with E-state index in [-0.39, 0.29) is 23.3 Å². The van der Waals surface area contributed by atoms with Crippen molar-refractivity contribution in [2.75, 3.05) is 0 Å². The van der Waals surface area contributed by atoms with Gasteiger partial charge in [0, 0.05) is 45.1 Å². The number of carbonyl (C=O) groups is 2. The zero-order chi connectivity index (χ0) is 19.4. The minimum absolute atomic E-state index is 0.0616. The van der Waals surface area contributed by atoms with Gasteiger partial charge in [-0.2, -0.15) is 0 Å². The molecule has 4 nitrogen and oxygen atoms in total. The van der Waals surface area contributed by atoms with Gasteiger partial charge in [-0.1, -0.05) is 23.7 Å². The van der Waals surface area contributed by atoms with Crippen molar-refractivity contribution in [2.45, 2.75) is 57.0 Å². The summed E-state index contributed by atoms with van der Waals surface area (Å²) in [6.07, 6.45) is 3.50. The Morgan fingerprint density at radius 2 is 1.89 bits per heavy atom. The monoisotopic (exact) mass is 402 g/mol. The van der Waals surface area contributed by atoms with Gasteiger partial charge in [0.1, 0.15) is 5.78 Å². The fourth-order valence-electron chi connectivity index (χ4n) is 4.69. The summed E-state index contributed by atoms with van der Waals surface area (Å²) in [6, 6.07) is 7.29. The van der Waals surface area contributed by atoms with Crippen molar-refractivity contribution in [3.05, 3.63) is 55.7 Å². The normalized spacial score (nSPS) is 26.0. The topological polar surface area (TPSA) is 72.2 Å². The van der Waals surface area contributed by atoms with Crippen molar-refractivity contribution < 1.29 is 9.59 Å². The van der Waals surface area contributed by atoms with E-state index in [2.05, 4.69) is 19.2 Å². The number of carbonyl (C=O) groups excluding carboxylic acids is 2. The van der Waals surface area contributed by atoms with Crippen LogP contribution in [0.3, 0.4) is 0 Å². The van der Waals surface area contributed by atoms with Gasteiger partial charge in [0.05, 0.1) is 5.56 Å². The summed E-state index contributed by atoms with van der Waals surface area (Å²) in [4.78, 5) is 27.0. The molecule has 2 aliphatic rings. The highest BCUT2D eigenvalue weighted by molar-refractivity contribution is 7.12. The van der Waals surface area contributed by atoms with E-state index < -0.39 is 5.91 Å². The Bertz CT molecular complexity index is 936. The lowest BCUT2D eigenvalue weighted by atomic mass is 9.84. The maximum absolute atomic E-state index is 12.7. The Hall–Kier alpha value is -1.69. The zero-order valence-electron chi connectivity index (χ0n) is 15.5. The minimum atomic E-state index is -0.430. The number of thiophene rings is 1. The Balaban J connectivity index is 1.64. The van der Waals surface area contributed by atoms with Crippen LogP contribution in [0.1, 0.15) is 57.9 Å². The van der Waals surface area contributed by atoms with E-state index in [1.165, 1.54) is 4.88 Å². The molecule has 1 unspecified atom stereocenters. The molecule has 142 valence electrons. The van der Waals surface area contributed by atoms with E-state index in [0.717, 1.165) is 35.3 Å². The maximum atomic E-state index is 12.7. The number of halogens is 1. The van der Waals surface area contributed by atoms with E-state index in [1.54, 1.807) is 23.5 Å². The molecule has 4 rings (SSSR count). The van der Waals surface area contributed by atoms with Crippen LogP contribution in [0.25, 0.3) is 0 Å². The molecule has 2 aromatic rings. The second kappa shape index (κ2) is 6.43. The highest BCUT2D eigenvalue weighted by atomic mass is 35.5. The van der Waals surface area contributed by atoms with Gasteiger partial charge in [-0.3, -0.25) is 9.59 Å². The molecule has 1 saturated heterocycles. The Labute approximate surface area is 168 Å². The number of hydrogen-bond donors (Lipinski definition) is 2. The number of nitrogens with one attached hydrogen (secondary N) is 1. The Kier molecular flexibility index (Phi) is 4.45. The Morgan fingerprint density at radius 3 is 2.56 bits per heavy atom. The third-order valence-corrected chi connectivity index (χ3v) is 7.27. The first-order valence-electron chi connectivity index (χ1n) is 9.19. The molecule has 1 fully saturated rings. The lowest BCUT2D eigenvalue weighted by Gasteiger charge is -2.37. The summed E-state index contributed by atoms with van der Waals surface area (Å²) in [5, 5.41) is 4.36. The van der Waals surface area contributed by atoms with Crippen molar-refractivity contribution in [3.63, 3.8) is 0 Å². The van der Waals surface area contributed by atoms with Gasteiger partial charge < -0.3 is 11.1 Å². The first-order chi connectivity index (χ1) is 12.7. The predicted molar refractivity (Wildman–Crippen MR) is 109 cm³/mol. The van der Waals surface area contributed by atoms with E-state index in [4.69, 9.17) is 17.3 Å². The molecule has 0 aliphatic carbocycles. The van der Waals surface area contributed by atoms with Gasteiger partial charge in [0.15, 0.2) is 0 Å². The smallest absolute Gasteiger partial charge is 0.250 e. The summed E-state index contributed by atoms with van der Waals surface area (Å²) in [7, 11) is 0. The molecule has 27 heavy (non-hydrogen) atoms. The molecule has 1 aromatic carbocycles. The number of primary amides is 1. The molecule has 0 spiro atoms. The van der Waals surface area contributed by atoms with E-state index >= 15 is 0 Å². The summed E-state index contributed by atoms with van der Waals surface area (Å²) < 4.78 is 0. The van der Waals surface area contributed by atoms with Gasteiger partial charge in [0.2, 0.25) is 5.91 Å². The average molecular weight is 403 g/mol. The van der Waals surface area contributed by atoms with Crippen LogP contribution < -0.4 is 11.1 Å². The molecule has 6 heteroatoms. The number of Topliss-reactive ketones (excluding diaryl/α,β-unsaturated/α-hetero) is 1. The van der Waals surface area contributed by atoms with Crippen molar-refractivity contribution in [1.29, 1.82) is 0 Å². The van der Waals surface area contributed by atoms with E-state index in [0.29, 0.717) is 17.0 Å². The molecule has 0 radical (unpaired) electrons. The van der Waals surface area contributed by atoms with Crippen molar-refractivity contribution in [2.24, 2.45) is 5.73 Å². The number of nitrogens with two attached hydrogens (primary N) is 1. The molecule has 0 saturated carbocycles. The van der Waals surface area contributed by atoms with Crippen LogP contribution in [0.2, 0.25) is 5.02 Å². The number of amides is 1. The molecule has 3 heterocycles. The van der Waals surface area contributed by atoms with Gasteiger partial charge >= 0.3 is 0 Å². The number of ketones is 1. The molecule has 3 N–H and O–H groups in total. The quantitative estimate of drug-likeness (QED) is 0.799. The molecule has 1 aromatic heterocycles. The fraction of sp³-hybridized carbons (Fsp3) is 0.429. The average Bonchev–Trinajstić information content (AvgIpc) is 3.05. The van der Waals surface area contributed by atoms with Crippen LogP contribution in [-0.4, -0.2) is 17.2 Å². The number of fused-ring (bicyclic) bond motifs is 4. The van der Waals surface area contributed by atoms with Gasteiger partial charge in [-0.25, -0.2) is 0 Å². The standard InChI is InChI=1S/C21H23ClN2O2S/c1-20-7-8-21(2,24-20)18-16(11-20)27-15(17(18)19(23)26)10-14(25)9-12-3-5-13(22)6-4-12/h3-6,24H,7-11H2,1-2H3,(H2,23,26)/t20-,21?/m0/s1. The summed E-state index contributed by atoms with van der Waals surface area (Å²) >= 11 is 7.50. The maximum Gasteiger partial charge on any atom is 0.250 e. The third-order valence-electron chi connectivity index (χ3n) is 5.83. The summed E-state index contributed by atoms with van der Waals surface area (Å²) in [5.74, 6) is -0.353. The van der Waals surface area contributed by atoms with Gasteiger partial charge in [-0.15, -0.1) is 11.3 Å². The second-order valence-electron chi connectivity index (χ2n) is 8.28. The molecule has 2 atom stereocenters. The first-order valence-corrected chi connectivity index (χ1v) is 10.4. The number of rotatable bonds is 5. The van der Waals surface area contributed by atoms with E-state index in [9.17, 15) is 9.59 Å².